The van der Waals surface area contributed by atoms with Crippen LogP contribution in [0.15, 0.2) is 0 Å². The molecule has 0 unspecified atom stereocenters. The van der Waals surface area contributed by atoms with Crippen LogP contribution in [-0.2, 0) is 0 Å². The second-order valence-corrected chi connectivity index (χ2v) is 2.39. The second kappa shape index (κ2) is 3.50. The van der Waals surface area contributed by atoms with Crippen LogP contribution < -0.4 is 0 Å². The summed E-state index contributed by atoms with van der Waals surface area (Å²) in [5.41, 5.74) is -5.85. The highest BCUT2D eigenvalue weighted by Gasteiger charge is 2.73. The van der Waals surface area contributed by atoms with Crippen molar-refractivity contribution in [3.05, 3.63) is 0 Å². The molecule has 0 aromatic rings. The average Bonchev–Trinajstić information content (AvgIpc) is 1.79. The standard InChI is InChI=1S/C5H3F9/c6-2(7)1-3(8,4(9,10)11)5(12,13)14/h2H,1H2. The molecule has 0 radical (unpaired) electrons. The molecule has 0 heterocycles. The van der Waals surface area contributed by atoms with Gasteiger partial charge in [0, 0.05) is 0 Å². The Morgan fingerprint density at radius 1 is 0.714 bits per heavy atom. The molecule has 0 saturated heterocycles. The van der Waals surface area contributed by atoms with Gasteiger partial charge in [-0.2, -0.15) is 26.3 Å². The molecule has 0 aliphatic heterocycles. The number of halogens is 9. The Morgan fingerprint density at radius 2 is 1.00 bits per heavy atom. The van der Waals surface area contributed by atoms with E-state index in [2.05, 4.69) is 0 Å². The maximum absolute atomic E-state index is 12.3. The molecule has 0 aromatic heterocycles. The summed E-state index contributed by atoms with van der Waals surface area (Å²) in [5, 5.41) is 0. The Hall–Kier alpha value is -0.630. The van der Waals surface area contributed by atoms with E-state index in [0.717, 1.165) is 0 Å². The third-order valence-electron chi connectivity index (χ3n) is 1.33. The molecule has 0 rings (SSSR count). The molecule has 9 heteroatoms. The highest BCUT2D eigenvalue weighted by molar-refractivity contribution is 4.94. The third kappa shape index (κ3) is 2.44. The van der Waals surface area contributed by atoms with Crippen LogP contribution in [0, 0.1) is 0 Å². The van der Waals surface area contributed by atoms with Crippen LogP contribution in [0.2, 0.25) is 0 Å². The monoisotopic (exact) mass is 234 g/mol. The van der Waals surface area contributed by atoms with Crippen LogP contribution in [0.5, 0.6) is 0 Å². The fraction of sp³-hybridized carbons (Fsp3) is 1.00. The lowest BCUT2D eigenvalue weighted by molar-refractivity contribution is -0.348. The fourth-order valence-electron chi connectivity index (χ4n) is 0.605. The van der Waals surface area contributed by atoms with E-state index in [-0.39, 0.29) is 0 Å². The first kappa shape index (κ1) is 13.4. The lowest BCUT2D eigenvalue weighted by Gasteiger charge is -2.29. The van der Waals surface area contributed by atoms with E-state index < -0.39 is 30.9 Å². The van der Waals surface area contributed by atoms with Crippen molar-refractivity contribution in [2.75, 3.05) is 0 Å². The van der Waals surface area contributed by atoms with Gasteiger partial charge in [-0.15, -0.1) is 0 Å². The van der Waals surface area contributed by atoms with Crippen molar-refractivity contribution in [2.24, 2.45) is 0 Å². The topological polar surface area (TPSA) is 0 Å². The Bertz CT molecular complexity index is 172. The summed E-state index contributed by atoms with van der Waals surface area (Å²) in [6.45, 7) is 0. The van der Waals surface area contributed by atoms with Gasteiger partial charge in [0.1, 0.15) is 0 Å². The van der Waals surface area contributed by atoms with Gasteiger partial charge in [-0.25, -0.2) is 13.2 Å². The van der Waals surface area contributed by atoms with Crippen molar-refractivity contribution < 1.29 is 39.5 Å². The summed E-state index contributed by atoms with van der Waals surface area (Å²) in [6.07, 6.45) is -19.8. The first-order valence-electron chi connectivity index (χ1n) is 3.02. The maximum Gasteiger partial charge on any atom is 0.431 e. The van der Waals surface area contributed by atoms with Crippen molar-refractivity contribution in [2.45, 2.75) is 30.9 Å². The van der Waals surface area contributed by atoms with Crippen LogP contribution >= 0.6 is 0 Å². The third-order valence-corrected chi connectivity index (χ3v) is 1.33. The summed E-state index contributed by atoms with van der Waals surface area (Å²) in [4.78, 5) is 0. The Morgan fingerprint density at radius 3 is 1.07 bits per heavy atom. The average molecular weight is 234 g/mol. The van der Waals surface area contributed by atoms with Gasteiger partial charge in [-0.3, -0.25) is 0 Å². The van der Waals surface area contributed by atoms with Gasteiger partial charge in [0.25, 0.3) is 0 Å². The summed E-state index contributed by atoms with van der Waals surface area (Å²) < 4.78 is 104. The molecule has 86 valence electrons. The molecule has 14 heavy (non-hydrogen) atoms. The van der Waals surface area contributed by atoms with E-state index in [1.54, 1.807) is 0 Å². The zero-order valence-corrected chi connectivity index (χ0v) is 6.19. The van der Waals surface area contributed by atoms with E-state index >= 15 is 0 Å². The van der Waals surface area contributed by atoms with Gasteiger partial charge < -0.3 is 0 Å². The lowest BCUT2D eigenvalue weighted by Crippen LogP contribution is -2.54. The molecule has 0 fully saturated rings. The molecule has 0 spiro atoms. The molecule has 0 nitrogen and oxygen atoms in total. The predicted octanol–water partition coefficient (Wildman–Crippen LogP) is 3.47. The van der Waals surface area contributed by atoms with Crippen LogP contribution in [-0.4, -0.2) is 24.4 Å². The van der Waals surface area contributed by atoms with Crippen LogP contribution in [0.1, 0.15) is 6.42 Å². The molecular weight excluding hydrogens is 231 g/mol. The van der Waals surface area contributed by atoms with Crippen molar-refractivity contribution in [3.8, 4) is 0 Å². The molecule has 0 aliphatic rings. The number of alkyl halides is 9. The summed E-state index contributed by atoms with van der Waals surface area (Å²) in [7, 11) is 0. The zero-order chi connectivity index (χ0) is 11.8. The van der Waals surface area contributed by atoms with E-state index in [0.29, 0.717) is 0 Å². The van der Waals surface area contributed by atoms with Gasteiger partial charge in [-0.05, 0) is 0 Å². The molecular formula is C5H3F9. The Labute approximate surface area is 71.7 Å². The van der Waals surface area contributed by atoms with Gasteiger partial charge in [-0.1, -0.05) is 0 Å². The van der Waals surface area contributed by atoms with Crippen molar-refractivity contribution in [3.63, 3.8) is 0 Å². The van der Waals surface area contributed by atoms with E-state index in [4.69, 9.17) is 0 Å². The van der Waals surface area contributed by atoms with Gasteiger partial charge >= 0.3 is 18.0 Å². The Balaban J connectivity index is 5.07. The highest BCUT2D eigenvalue weighted by Crippen LogP contribution is 2.49. The largest absolute Gasteiger partial charge is 0.431 e. The number of hydrogen-bond acceptors (Lipinski definition) is 0. The van der Waals surface area contributed by atoms with E-state index in [1.807, 2.05) is 0 Å². The van der Waals surface area contributed by atoms with Gasteiger partial charge in [0.15, 0.2) is 0 Å². The van der Waals surface area contributed by atoms with Crippen LogP contribution in [0.25, 0.3) is 0 Å². The number of hydrogen-bond donors (Lipinski definition) is 0. The minimum Gasteiger partial charge on any atom is -0.223 e. The predicted molar refractivity (Wildman–Crippen MR) is 26.6 cm³/mol. The first-order valence-corrected chi connectivity index (χ1v) is 3.02. The van der Waals surface area contributed by atoms with Crippen molar-refractivity contribution in [1.29, 1.82) is 0 Å². The summed E-state index contributed by atoms with van der Waals surface area (Å²) in [5.74, 6) is 0. The van der Waals surface area contributed by atoms with Crippen molar-refractivity contribution >= 4 is 0 Å². The number of rotatable bonds is 2. The van der Waals surface area contributed by atoms with E-state index in [1.165, 1.54) is 0 Å². The quantitative estimate of drug-likeness (QED) is 0.641. The molecule has 0 saturated carbocycles. The van der Waals surface area contributed by atoms with Gasteiger partial charge in [0.05, 0.1) is 6.42 Å². The smallest absolute Gasteiger partial charge is 0.223 e. The molecule has 0 aliphatic carbocycles. The summed E-state index contributed by atoms with van der Waals surface area (Å²) in [6, 6.07) is 0. The Kier molecular flexibility index (Phi) is 3.34. The highest BCUT2D eigenvalue weighted by atomic mass is 19.4. The van der Waals surface area contributed by atoms with Crippen LogP contribution in [0.4, 0.5) is 39.5 Å². The van der Waals surface area contributed by atoms with Crippen molar-refractivity contribution in [1.82, 2.24) is 0 Å². The second-order valence-electron chi connectivity index (χ2n) is 2.39. The van der Waals surface area contributed by atoms with Crippen LogP contribution in [0.3, 0.4) is 0 Å². The summed E-state index contributed by atoms with van der Waals surface area (Å²) >= 11 is 0. The first-order chi connectivity index (χ1) is 5.92. The SMILES string of the molecule is FC(F)CC(F)(C(F)(F)F)C(F)(F)F. The molecule has 0 bridgehead atoms. The van der Waals surface area contributed by atoms with E-state index in [9.17, 15) is 39.5 Å². The molecule has 0 atom stereocenters. The lowest BCUT2D eigenvalue weighted by atomic mass is 10.0. The minimum absolute atomic E-state index is 2.94. The fourth-order valence-corrected chi connectivity index (χ4v) is 0.605. The molecule has 0 aromatic carbocycles. The zero-order valence-electron chi connectivity index (χ0n) is 6.19. The molecule has 0 N–H and O–H groups in total. The normalized spacial score (nSPS) is 15.0. The molecule has 0 amide bonds. The maximum atomic E-state index is 12.3. The van der Waals surface area contributed by atoms with Gasteiger partial charge in [0.2, 0.25) is 6.43 Å². The minimum atomic E-state index is -6.40.